The van der Waals surface area contributed by atoms with E-state index in [0.29, 0.717) is 0 Å². The van der Waals surface area contributed by atoms with E-state index in [1.807, 2.05) is 48.5 Å². The maximum Gasteiger partial charge on any atom is 0.129 e. The highest BCUT2D eigenvalue weighted by atomic mass is 16.5. The van der Waals surface area contributed by atoms with Crippen LogP contribution in [0.5, 0.6) is 11.5 Å². The topological polar surface area (TPSA) is 24.5 Å². The average molecular weight is 346 g/mol. The molecule has 0 spiro atoms. The molecule has 0 aliphatic carbocycles. The molecule has 0 fully saturated rings. The molecule has 0 atom stereocenters. The fourth-order valence-electron chi connectivity index (χ4n) is 2.91. The summed E-state index contributed by atoms with van der Waals surface area (Å²) in [5.74, 6) is 1.68. The fourth-order valence-corrected chi connectivity index (χ4v) is 2.91. The lowest BCUT2D eigenvalue weighted by molar-refractivity contribution is 0.483. The number of ether oxygens (including phenoxy) is 1. The molecule has 3 nitrogen and oxygen atoms in total. The minimum absolute atomic E-state index is 0.785. The summed E-state index contributed by atoms with van der Waals surface area (Å²) in [5, 5.41) is 3.47. The molecule has 3 aromatic rings. The van der Waals surface area contributed by atoms with Crippen molar-refractivity contribution in [1.29, 1.82) is 0 Å². The summed E-state index contributed by atoms with van der Waals surface area (Å²) in [5.41, 5.74) is 3.58. The molecule has 0 saturated heterocycles. The van der Waals surface area contributed by atoms with E-state index in [0.717, 1.165) is 36.8 Å². The van der Waals surface area contributed by atoms with Crippen molar-refractivity contribution in [3.05, 3.63) is 84.4 Å². The molecule has 0 bridgehead atoms. The third kappa shape index (κ3) is 4.79. The fraction of sp³-hybridized carbons (Fsp3) is 0.217. The summed E-state index contributed by atoms with van der Waals surface area (Å²) in [4.78, 5) is 2.35. The van der Waals surface area contributed by atoms with Crippen molar-refractivity contribution >= 4 is 11.4 Å². The molecule has 1 N–H and O–H groups in total. The Morgan fingerprint density at radius 1 is 0.769 bits per heavy atom. The summed E-state index contributed by atoms with van der Waals surface area (Å²) in [7, 11) is 0. The molecule has 3 rings (SSSR count). The summed E-state index contributed by atoms with van der Waals surface area (Å²) in [6, 6.07) is 26.7. The first kappa shape index (κ1) is 17.9. The van der Waals surface area contributed by atoms with Gasteiger partial charge in [0.25, 0.3) is 0 Å². The summed E-state index contributed by atoms with van der Waals surface area (Å²) in [6.07, 6.45) is 0. The second-order valence-electron chi connectivity index (χ2n) is 6.14. The molecule has 0 radical (unpaired) electrons. The van der Waals surface area contributed by atoms with Crippen LogP contribution in [-0.2, 0) is 6.54 Å². The van der Waals surface area contributed by atoms with Gasteiger partial charge in [0.2, 0.25) is 0 Å². The minimum atomic E-state index is 0.785. The molecule has 3 heteroatoms. The number of rotatable bonds is 8. The van der Waals surface area contributed by atoms with Gasteiger partial charge in [0.15, 0.2) is 0 Å². The monoisotopic (exact) mass is 346 g/mol. The Labute approximate surface area is 156 Å². The van der Waals surface area contributed by atoms with E-state index in [4.69, 9.17) is 4.74 Å². The molecule has 134 valence electrons. The second kappa shape index (κ2) is 8.95. The highest BCUT2D eigenvalue weighted by Crippen LogP contribution is 2.24. The normalized spacial score (nSPS) is 10.4. The van der Waals surface area contributed by atoms with Gasteiger partial charge in [-0.15, -0.1) is 0 Å². The number of hydrogen-bond donors (Lipinski definition) is 1. The number of hydrogen-bond acceptors (Lipinski definition) is 3. The van der Waals surface area contributed by atoms with Gasteiger partial charge in [0.05, 0.1) is 0 Å². The van der Waals surface area contributed by atoms with E-state index in [9.17, 15) is 0 Å². The van der Waals surface area contributed by atoms with Crippen LogP contribution in [0.4, 0.5) is 11.4 Å². The Morgan fingerprint density at radius 3 is 2.15 bits per heavy atom. The molecule has 0 aromatic heterocycles. The van der Waals surface area contributed by atoms with Gasteiger partial charge in [0.1, 0.15) is 11.5 Å². The van der Waals surface area contributed by atoms with E-state index in [1.165, 1.54) is 11.3 Å². The van der Waals surface area contributed by atoms with Crippen molar-refractivity contribution in [2.24, 2.45) is 0 Å². The maximum atomic E-state index is 5.89. The molecule has 0 amide bonds. The first-order valence-electron chi connectivity index (χ1n) is 9.19. The lowest BCUT2D eigenvalue weighted by Crippen LogP contribution is -2.21. The van der Waals surface area contributed by atoms with Crippen LogP contribution in [0.2, 0.25) is 0 Å². The molecular weight excluding hydrogens is 320 g/mol. The minimum Gasteiger partial charge on any atom is -0.457 e. The lowest BCUT2D eigenvalue weighted by Gasteiger charge is -2.21. The van der Waals surface area contributed by atoms with Gasteiger partial charge in [-0.2, -0.15) is 0 Å². The molecule has 0 unspecified atom stereocenters. The number of nitrogens with zero attached hydrogens (tertiary/aromatic N) is 1. The summed E-state index contributed by atoms with van der Waals surface area (Å²) < 4.78 is 5.89. The van der Waals surface area contributed by atoms with E-state index in [1.54, 1.807) is 0 Å². The quantitative estimate of drug-likeness (QED) is 0.546. The molecule has 26 heavy (non-hydrogen) atoms. The Morgan fingerprint density at radius 2 is 1.46 bits per heavy atom. The zero-order valence-corrected chi connectivity index (χ0v) is 15.5. The van der Waals surface area contributed by atoms with Gasteiger partial charge in [-0.1, -0.05) is 36.4 Å². The molecule has 0 saturated carbocycles. The van der Waals surface area contributed by atoms with Crippen LogP contribution in [0.15, 0.2) is 78.9 Å². The number of para-hydroxylation sites is 1. The predicted octanol–water partition coefficient (Wildman–Crippen LogP) is 5.94. The molecular formula is C23H26N2O. The van der Waals surface area contributed by atoms with Crippen LogP contribution in [-0.4, -0.2) is 13.1 Å². The highest BCUT2D eigenvalue weighted by molar-refractivity contribution is 5.51. The number of anilines is 2. The van der Waals surface area contributed by atoms with Crippen LogP contribution in [0.1, 0.15) is 19.4 Å². The van der Waals surface area contributed by atoms with E-state index in [-0.39, 0.29) is 0 Å². The van der Waals surface area contributed by atoms with Gasteiger partial charge in [-0.05, 0) is 55.8 Å². The Hall–Kier alpha value is -2.94. The molecule has 3 aromatic carbocycles. The Bertz CT molecular complexity index is 796. The summed E-state index contributed by atoms with van der Waals surface area (Å²) in [6.45, 7) is 7.21. The lowest BCUT2D eigenvalue weighted by atomic mass is 10.2. The van der Waals surface area contributed by atoms with E-state index < -0.39 is 0 Å². The largest absolute Gasteiger partial charge is 0.457 e. The molecule has 0 aliphatic rings. The van der Waals surface area contributed by atoms with E-state index >= 15 is 0 Å². The Balaban J connectivity index is 1.60. The third-order valence-electron chi connectivity index (χ3n) is 4.37. The van der Waals surface area contributed by atoms with Gasteiger partial charge >= 0.3 is 0 Å². The first-order valence-corrected chi connectivity index (χ1v) is 9.19. The first-order chi connectivity index (χ1) is 12.8. The van der Waals surface area contributed by atoms with Crippen LogP contribution in [0.3, 0.4) is 0 Å². The van der Waals surface area contributed by atoms with Crippen LogP contribution < -0.4 is 15.0 Å². The number of benzene rings is 3. The van der Waals surface area contributed by atoms with Crippen molar-refractivity contribution in [3.63, 3.8) is 0 Å². The Kier molecular flexibility index (Phi) is 6.15. The highest BCUT2D eigenvalue weighted by Gasteiger charge is 2.02. The van der Waals surface area contributed by atoms with Crippen molar-refractivity contribution in [2.75, 3.05) is 23.3 Å². The van der Waals surface area contributed by atoms with Gasteiger partial charge in [-0.25, -0.2) is 0 Å². The van der Waals surface area contributed by atoms with Crippen LogP contribution in [0.25, 0.3) is 0 Å². The van der Waals surface area contributed by atoms with Gasteiger partial charge in [-0.3, -0.25) is 0 Å². The van der Waals surface area contributed by atoms with Crippen molar-refractivity contribution in [3.8, 4) is 11.5 Å². The predicted molar refractivity (Wildman–Crippen MR) is 110 cm³/mol. The molecule has 0 heterocycles. The SMILES string of the molecule is CCN(CC)c1ccc(CNc2cccc(Oc3ccccc3)c2)cc1. The zero-order valence-electron chi connectivity index (χ0n) is 15.5. The summed E-state index contributed by atoms with van der Waals surface area (Å²) >= 11 is 0. The van der Waals surface area contributed by atoms with Gasteiger partial charge < -0.3 is 15.0 Å². The molecule has 0 aliphatic heterocycles. The second-order valence-corrected chi connectivity index (χ2v) is 6.14. The van der Waals surface area contributed by atoms with Crippen molar-refractivity contribution in [2.45, 2.75) is 20.4 Å². The van der Waals surface area contributed by atoms with Gasteiger partial charge in [0, 0.05) is 37.1 Å². The van der Waals surface area contributed by atoms with Crippen LogP contribution >= 0.6 is 0 Å². The average Bonchev–Trinajstić information content (AvgIpc) is 2.69. The van der Waals surface area contributed by atoms with Crippen molar-refractivity contribution in [1.82, 2.24) is 0 Å². The van der Waals surface area contributed by atoms with Crippen molar-refractivity contribution < 1.29 is 4.74 Å². The standard InChI is InChI=1S/C23H26N2O/c1-3-25(4-2)21-15-13-19(14-16-21)18-24-20-9-8-12-23(17-20)26-22-10-6-5-7-11-22/h5-17,24H,3-4,18H2,1-2H3. The zero-order chi connectivity index (χ0) is 18.2. The van der Waals surface area contributed by atoms with Crippen LogP contribution in [0, 0.1) is 0 Å². The smallest absolute Gasteiger partial charge is 0.129 e. The number of nitrogens with one attached hydrogen (secondary N) is 1. The maximum absolute atomic E-state index is 5.89. The third-order valence-corrected chi connectivity index (χ3v) is 4.37. The van der Waals surface area contributed by atoms with E-state index in [2.05, 4.69) is 54.4 Å².